The molecule has 1 aromatic carbocycles. The van der Waals surface area contributed by atoms with Crippen LogP contribution in [0, 0.1) is 5.92 Å². The maximum absolute atomic E-state index is 3.87. The molecule has 2 rings (SSSR count). The Kier molecular flexibility index (Phi) is 5.65. The molecule has 1 heteroatoms. The van der Waals surface area contributed by atoms with Gasteiger partial charge in [0.1, 0.15) is 0 Å². The van der Waals surface area contributed by atoms with Crippen LogP contribution in [0.15, 0.2) is 43.0 Å². The molecule has 0 aromatic heterocycles. The quantitative estimate of drug-likeness (QED) is 0.643. The van der Waals surface area contributed by atoms with Crippen LogP contribution >= 0.6 is 0 Å². The summed E-state index contributed by atoms with van der Waals surface area (Å²) < 4.78 is 0. The van der Waals surface area contributed by atoms with Gasteiger partial charge in [-0.1, -0.05) is 49.2 Å². The number of hydrogen-bond acceptors (Lipinski definition) is 1. The Bertz CT molecular complexity index is 365. The molecular formula is C18H27N. The molecule has 1 aliphatic rings. The summed E-state index contributed by atoms with van der Waals surface area (Å²) in [5.74, 6) is 0.897. The van der Waals surface area contributed by atoms with Crippen molar-refractivity contribution < 1.29 is 0 Å². The van der Waals surface area contributed by atoms with Crippen molar-refractivity contribution in [3.05, 3.63) is 48.6 Å². The van der Waals surface area contributed by atoms with Gasteiger partial charge in [0, 0.05) is 19.1 Å². The zero-order chi connectivity index (χ0) is 13.5. The fraction of sp³-hybridized carbons (Fsp3) is 0.556. The Hall–Kier alpha value is -1.08. The van der Waals surface area contributed by atoms with Crippen molar-refractivity contribution in [1.29, 1.82) is 0 Å². The van der Waals surface area contributed by atoms with E-state index in [-0.39, 0.29) is 0 Å². The van der Waals surface area contributed by atoms with E-state index in [9.17, 15) is 0 Å². The highest BCUT2D eigenvalue weighted by atomic mass is 15.1. The van der Waals surface area contributed by atoms with Crippen molar-refractivity contribution in [2.75, 3.05) is 6.54 Å². The van der Waals surface area contributed by atoms with E-state index < -0.39 is 0 Å². The zero-order valence-electron chi connectivity index (χ0n) is 12.2. The molecular weight excluding hydrogens is 230 g/mol. The Morgan fingerprint density at radius 1 is 1.26 bits per heavy atom. The fourth-order valence-electron chi connectivity index (χ4n) is 3.24. The van der Waals surface area contributed by atoms with Gasteiger partial charge >= 0.3 is 0 Å². The lowest BCUT2D eigenvalue weighted by Crippen LogP contribution is -2.37. The Morgan fingerprint density at radius 3 is 2.58 bits per heavy atom. The predicted molar refractivity (Wildman–Crippen MR) is 83.1 cm³/mol. The van der Waals surface area contributed by atoms with Crippen LogP contribution in [0.3, 0.4) is 0 Å². The van der Waals surface area contributed by atoms with Gasteiger partial charge in [-0.3, -0.25) is 4.90 Å². The molecule has 0 spiro atoms. The smallest absolute Gasteiger partial charge is 0.0236 e. The van der Waals surface area contributed by atoms with Crippen molar-refractivity contribution >= 4 is 0 Å². The van der Waals surface area contributed by atoms with E-state index in [1.54, 1.807) is 0 Å². The Labute approximate surface area is 118 Å². The minimum absolute atomic E-state index is 0.697. The maximum atomic E-state index is 3.87. The summed E-state index contributed by atoms with van der Waals surface area (Å²) in [6.45, 7) is 8.50. The summed E-state index contributed by atoms with van der Waals surface area (Å²) in [6.07, 6.45) is 8.82. The highest BCUT2D eigenvalue weighted by Crippen LogP contribution is 2.30. The van der Waals surface area contributed by atoms with Crippen molar-refractivity contribution in [1.82, 2.24) is 4.90 Å². The average Bonchev–Trinajstić information content (AvgIpc) is 2.98. The number of nitrogens with zero attached hydrogens (tertiary/aromatic N) is 1. The summed E-state index contributed by atoms with van der Waals surface area (Å²) in [4.78, 5) is 2.65. The first-order valence-electron chi connectivity index (χ1n) is 7.70. The molecule has 0 aliphatic heterocycles. The van der Waals surface area contributed by atoms with Crippen LogP contribution in [0.4, 0.5) is 0 Å². The lowest BCUT2D eigenvalue weighted by atomic mass is 9.97. The molecule has 0 N–H and O–H groups in total. The SMILES string of the molecule is C=CCCN(Cc1ccccc1)C(C)C1CCCC1. The third kappa shape index (κ3) is 4.21. The molecule has 0 amide bonds. The van der Waals surface area contributed by atoms with Crippen LogP contribution in [0.1, 0.15) is 44.6 Å². The Morgan fingerprint density at radius 2 is 1.95 bits per heavy atom. The molecule has 0 heterocycles. The summed E-state index contributed by atoms with van der Waals surface area (Å²) in [5.41, 5.74) is 1.43. The highest BCUT2D eigenvalue weighted by molar-refractivity contribution is 5.14. The van der Waals surface area contributed by atoms with Crippen molar-refractivity contribution in [3.63, 3.8) is 0 Å². The molecule has 0 bridgehead atoms. The molecule has 1 unspecified atom stereocenters. The third-order valence-corrected chi connectivity index (χ3v) is 4.51. The molecule has 1 fully saturated rings. The highest BCUT2D eigenvalue weighted by Gasteiger charge is 2.25. The molecule has 104 valence electrons. The molecule has 1 saturated carbocycles. The minimum atomic E-state index is 0.697. The molecule has 0 saturated heterocycles. The van der Waals surface area contributed by atoms with E-state index in [4.69, 9.17) is 0 Å². The summed E-state index contributed by atoms with van der Waals surface area (Å²) in [7, 11) is 0. The number of rotatable bonds is 7. The first kappa shape index (κ1) is 14.3. The van der Waals surface area contributed by atoms with Gasteiger partial charge in [-0.25, -0.2) is 0 Å². The lowest BCUT2D eigenvalue weighted by molar-refractivity contribution is 0.150. The third-order valence-electron chi connectivity index (χ3n) is 4.51. The van der Waals surface area contributed by atoms with Gasteiger partial charge in [-0.15, -0.1) is 6.58 Å². The standard InChI is InChI=1S/C18H27N/c1-3-4-14-19(15-17-10-6-5-7-11-17)16(2)18-12-8-9-13-18/h3,5-7,10-11,16,18H,1,4,8-9,12-15H2,2H3. The van der Waals surface area contributed by atoms with Gasteiger partial charge in [0.2, 0.25) is 0 Å². The maximum Gasteiger partial charge on any atom is 0.0236 e. The normalized spacial score (nSPS) is 17.8. The molecule has 0 radical (unpaired) electrons. The molecule has 1 atom stereocenters. The van der Waals surface area contributed by atoms with Crippen LogP contribution < -0.4 is 0 Å². The van der Waals surface area contributed by atoms with E-state index in [1.807, 2.05) is 6.08 Å². The zero-order valence-corrected chi connectivity index (χ0v) is 12.2. The lowest BCUT2D eigenvalue weighted by Gasteiger charge is -2.33. The monoisotopic (exact) mass is 257 g/mol. The van der Waals surface area contributed by atoms with Crippen LogP contribution in [0.5, 0.6) is 0 Å². The molecule has 1 aromatic rings. The first-order chi connectivity index (χ1) is 9.31. The molecule has 1 aliphatic carbocycles. The number of hydrogen-bond donors (Lipinski definition) is 0. The van der Waals surface area contributed by atoms with Crippen molar-refractivity contribution in [2.45, 2.75) is 51.6 Å². The van der Waals surface area contributed by atoms with Crippen LogP contribution in [-0.4, -0.2) is 17.5 Å². The van der Waals surface area contributed by atoms with Gasteiger partial charge in [-0.2, -0.15) is 0 Å². The topological polar surface area (TPSA) is 3.24 Å². The van der Waals surface area contributed by atoms with Crippen LogP contribution in [-0.2, 0) is 6.54 Å². The second kappa shape index (κ2) is 7.49. The van der Waals surface area contributed by atoms with Crippen molar-refractivity contribution in [2.24, 2.45) is 5.92 Å². The van der Waals surface area contributed by atoms with E-state index in [1.165, 1.54) is 31.2 Å². The second-order valence-electron chi connectivity index (χ2n) is 5.82. The minimum Gasteiger partial charge on any atom is -0.296 e. The average molecular weight is 257 g/mol. The molecule has 1 nitrogen and oxygen atoms in total. The summed E-state index contributed by atoms with van der Waals surface area (Å²) in [5, 5.41) is 0. The fourth-order valence-corrected chi connectivity index (χ4v) is 3.24. The van der Waals surface area contributed by atoms with Crippen LogP contribution in [0.25, 0.3) is 0 Å². The van der Waals surface area contributed by atoms with Crippen molar-refractivity contribution in [3.8, 4) is 0 Å². The summed E-state index contributed by atoms with van der Waals surface area (Å²) in [6, 6.07) is 11.5. The van der Waals surface area contributed by atoms with E-state index >= 15 is 0 Å². The van der Waals surface area contributed by atoms with Gasteiger partial charge < -0.3 is 0 Å². The first-order valence-corrected chi connectivity index (χ1v) is 7.70. The van der Waals surface area contributed by atoms with Crippen LogP contribution in [0.2, 0.25) is 0 Å². The van der Waals surface area contributed by atoms with Gasteiger partial charge in [0.05, 0.1) is 0 Å². The summed E-state index contributed by atoms with van der Waals surface area (Å²) >= 11 is 0. The van der Waals surface area contributed by atoms with Gasteiger partial charge in [-0.05, 0) is 37.7 Å². The van der Waals surface area contributed by atoms with E-state index in [0.717, 1.165) is 25.4 Å². The predicted octanol–water partition coefficient (Wildman–Crippen LogP) is 4.64. The largest absolute Gasteiger partial charge is 0.296 e. The molecule has 19 heavy (non-hydrogen) atoms. The van der Waals surface area contributed by atoms with Gasteiger partial charge in [0.15, 0.2) is 0 Å². The van der Waals surface area contributed by atoms with E-state index in [0.29, 0.717) is 6.04 Å². The number of benzene rings is 1. The second-order valence-corrected chi connectivity index (χ2v) is 5.82. The van der Waals surface area contributed by atoms with E-state index in [2.05, 4.69) is 48.7 Å². The van der Waals surface area contributed by atoms with Gasteiger partial charge in [0.25, 0.3) is 0 Å². The Balaban J connectivity index is 1.99.